The fourth-order valence-corrected chi connectivity index (χ4v) is 3.57. The Bertz CT molecular complexity index is 595. The zero-order chi connectivity index (χ0) is 17.1. The van der Waals surface area contributed by atoms with Crippen LogP contribution in [0.2, 0.25) is 0 Å². The van der Waals surface area contributed by atoms with Crippen molar-refractivity contribution in [3.05, 3.63) is 29.8 Å². The van der Waals surface area contributed by atoms with Crippen LogP contribution in [0.25, 0.3) is 0 Å². The van der Waals surface area contributed by atoms with Gasteiger partial charge >= 0.3 is 0 Å². The van der Waals surface area contributed by atoms with Crippen molar-refractivity contribution in [1.29, 1.82) is 0 Å². The largest absolute Gasteiger partial charge is 0.496 e. The van der Waals surface area contributed by atoms with Crippen LogP contribution in [0.4, 0.5) is 0 Å². The molecule has 6 nitrogen and oxygen atoms in total. The van der Waals surface area contributed by atoms with E-state index in [2.05, 4.69) is 0 Å². The molecule has 2 heterocycles. The maximum atomic E-state index is 12.5. The number of para-hydroxylation sites is 1. The summed E-state index contributed by atoms with van der Waals surface area (Å²) in [5.41, 5.74) is 0.952. The van der Waals surface area contributed by atoms with Gasteiger partial charge in [0.05, 0.1) is 39.0 Å². The first-order chi connectivity index (χ1) is 11.6. The summed E-state index contributed by atoms with van der Waals surface area (Å²) >= 11 is 0. The predicted molar refractivity (Wildman–Crippen MR) is 88.6 cm³/mol. The third-order valence-corrected chi connectivity index (χ3v) is 4.95. The molecule has 0 aliphatic carbocycles. The molecular weight excluding hydrogens is 308 g/mol. The molecule has 6 heteroatoms. The van der Waals surface area contributed by atoms with Gasteiger partial charge in [0.1, 0.15) is 5.75 Å². The predicted octanol–water partition coefficient (Wildman–Crippen LogP) is 1.43. The van der Waals surface area contributed by atoms with Crippen LogP contribution in [0.1, 0.15) is 24.8 Å². The molecule has 2 unspecified atom stereocenters. The standard InChI is InChI=1S/C18H24N2O4/c1-19-14-7-5-8-15(19)18(22)20(17(14)21)10-11-24-12-13-6-3-4-9-16(13)23-2/h3-4,6,9,14-15H,5,7-8,10-12H2,1-2H3. The molecule has 24 heavy (non-hydrogen) atoms. The van der Waals surface area contributed by atoms with Crippen LogP contribution in [0.15, 0.2) is 24.3 Å². The maximum Gasteiger partial charge on any atom is 0.246 e. The lowest BCUT2D eigenvalue weighted by Gasteiger charge is -2.45. The molecule has 2 aliphatic rings. The summed E-state index contributed by atoms with van der Waals surface area (Å²) in [6.45, 7) is 1.04. The minimum absolute atomic E-state index is 0.0839. The molecule has 0 radical (unpaired) electrons. The number of hydrogen-bond donors (Lipinski definition) is 0. The van der Waals surface area contributed by atoms with Gasteiger partial charge in [0.2, 0.25) is 11.8 Å². The number of carbonyl (C=O) groups excluding carboxylic acids is 2. The summed E-state index contributed by atoms with van der Waals surface area (Å²) in [6, 6.07) is 7.34. The SMILES string of the molecule is COc1ccccc1COCCN1C(=O)C2CCCC(C1=O)N2C. The zero-order valence-electron chi connectivity index (χ0n) is 14.2. The third-order valence-electron chi connectivity index (χ3n) is 4.95. The van der Waals surface area contributed by atoms with E-state index in [0.717, 1.165) is 30.6 Å². The van der Waals surface area contributed by atoms with Gasteiger partial charge in [-0.1, -0.05) is 18.2 Å². The molecule has 2 amide bonds. The highest BCUT2D eigenvalue weighted by Crippen LogP contribution is 2.28. The van der Waals surface area contributed by atoms with Gasteiger partial charge in [0.15, 0.2) is 0 Å². The Morgan fingerprint density at radius 1 is 1.12 bits per heavy atom. The second-order valence-electron chi connectivity index (χ2n) is 6.32. The Morgan fingerprint density at radius 3 is 2.46 bits per heavy atom. The average molecular weight is 332 g/mol. The van der Waals surface area contributed by atoms with Crippen molar-refractivity contribution in [1.82, 2.24) is 9.80 Å². The van der Waals surface area contributed by atoms with E-state index < -0.39 is 0 Å². The number of piperidine rings is 1. The number of nitrogens with zero attached hydrogens (tertiary/aromatic N) is 2. The van der Waals surface area contributed by atoms with Gasteiger partial charge < -0.3 is 9.47 Å². The summed E-state index contributed by atoms with van der Waals surface area (Å²) in [4.78, 5) is 28.3. The molecule has 2 saturated heterocycles. The second kappa shape index (κ2) is 7.32. The molecule has 0 aromatic heterocycles. The van der Waals surface area contributed by atoms with Crippen LogP contribution in [0.5, 0.6) is 5.75 Å². The lowest BCUT2D eigenvalue weighted by Crippen LogP contribution is -2.65. The Hall–Kier alpha value is -1.92. The van der Waals surface area contributed by atoms with Crippen LogP contribution in [0.3, 0.4) is 0 Å². The van der Waals surface area contributed by atoms with Crippen molar-refractivity contribution in [2.75, 3.05) is 27.3 Å². The van der Waals surface area contributed by atoms with E-state index in [1.54, 1.807) is 7.11 Å². The van der Waals surface area contributed by atoms with Crippen molar-refractivity contribution in [3.63, 3.8) is 0 Å². The van der Waals surface area contributed by atoms with Gasteiger partial charge in [-0.25, -0.2) is 0 Å². The van der Waals surface area contributed by atoms with Crippen molar-refractivity contribution in [2.45, 2.75) is 38.0 Å². The van der Waals surface area contributed by atoms with E-state index in [4.69, 9.17) is 9.47 Å². The van der Waals surface area contributed by atoms with Gasteiger partial charge in [-0.2, -0.15) is 0 Å². The minimum atomic E-state index is -0.157. The lowest BCUT2D eigenvalue weighted by atomic mass is 9.91. The number of fused-ring (bicyclic) bond motifs is 2. The molecular formula is C18H24N2O4. The smallest absolute Gasteiger partial charge is 0.246 e. The van der Waals surface area contributed by atoms with Crippen LogP contribution < -0.4 is 4.74 Å². The van der Waals surface area contributed by atoms with Crippen LogP contribution in [-0.2, 0) is 20.9 Å². The van der Waals surface area contributed by atoms with Gasteiger partial charge in [-0.15, -0.1) is 0 Å². The highest BCUT2D eigenvalue weighted by atomic mass is 16.5. The van der Waals surface area contributed by atoms with Crippen molar-refractivity contribution >= 4 is 11.8 Å². The molecule has 0 saturated carbocycles. The molecule has 0 N–H and O–H groups in total. The minimum Gasteiger partial charge on any atom is -0.496 e. The molecule has 2 atom stereocenters. The van der Waals surface area contributed by atoms with Gasteiger partial charge in [-0.05, 0) is 32.4 Å². The summed E-state index contributed by atoms with van der Waals surface area (Å²) < 4.78 is 11.0. The number of likely N-dealkylation sites (tertiary alicyclic amines) is 1. The quantitative estimate of drug-likeness (QED) is 0.583. The van der Waals surface area contributed by atoms with Crippen molar-refractivity contribution in [2.24, 2.45) is 0 Å². The van der Waals surface area contributed by atoms with Crippen molar-refractivity contribution < 1.29 is 19.1 Å². The third kappa shape index (κ3) is 3.16. The zero-order valence-corrected chi connectivity index (χ0v) is 14.2. The number of hydrogen-bond acceptors (Lipinski definition) is 5. The number of piperazine rings is 1. The Kier molecular flexibility index (Phi) is 5.16. The first-order valence-electron chi connectivity index (χ1n) is 8.40. The fourth-order valence-electron chi connectivity index (χ4n) is 3.57. The molecule has 1 aromatic carbocycles. The summed E-state index contributed by atoms with van der Waals surface area (Å²) in [7, 11) is 3.50. The van der Waals surface area contributed by atoms with Crippen LogP contribution >= 0.6 is 0 Å². The van der Waals surface area contributed by atoms with E-state index in [9.17, 15) is 9.59 Å². The fraction of sp³-hybridized carbons (Fsp3) is 0.556. The van der Waals surface area contributed by atoms with Gasteiger partial charge in [0.25, 0.3) is 0 Å². The van der Waals surface area contributed by atoms with E-state index in [1.165, 1.54) is 4.90 Å². The number of amides is 2. The second-order valence-corrected chi connectivity index (χ2v) is 6.32. The van der Waals surface area contributed by atoms with E-state index in [0.29, 0.717) is 19.8 Å². The van der Waals surface area contributed by atoms with E-state index in [1.807, 2.05) is 36.2 Å². The Morgan fingerprint density at radius 2 is 1.79 bits per heavy atom. The Balaban J connectivity index is 1.55. The summed E-state index contributed by atoms with van der Waals surface area (Å²) in [5.74, 6) is 0.609. The highest BCUT2D eigenvalue weighted by Gasteiger charge is 2.46. The first-order valence-corrected chi connectivity index (χ1v) is 8.40. The van der Waals surface area contributed by atoms with E-state index in [-0.39, 0.29) is 23.9 Å². The molecule has 2 aliphatic heterocycles. The summed E-state index contributed by atoms with van der Waals surface area (Å²) in [6.07, 6.45) is 2.60. The molecule has 2 fully saturated rings. The lowest BCUT2D eigenvalue weighted by molar-refractivity contribution is -0.163. The van der Waals surface area contributed by atoms with Crippen LogP contribution in [0, 0.1) is 0 Å². The molecule has 2 bridgehead atoms. The molecule has 1 aromatic rings. The average Bonchev–Trinajstić information content (AvgIpc) is 2.60. The molecule has 130 valence electrons. The molecule has 0 spiro atoms. The molecule has 3 rings (SSSR count). The Labute approximate surface area is 142 Å². The van der Waals surface area contributed by atoms with Gasteiger partial charge in [-0.3, -0.25) is 19.4 Å². The number of benzene rings is 1. The van der Waals surface area contributed by atoms with Crippen LogP contribution in [-0.4, -0.2) is 61.0 Å². The van der Waals surface area contributed by atoms with E-state index >= 15 is 0 Å². The summed E-state index contributed by atoms with van der Waals surface area (Å²) in [5, 5.41) is 0. The number of carbonyl (C=O) groups is 2. The number of rotatable bonds is 6. The first kappa shape index (κ1) is 16.9. The number of ether oxygens (including phenoxy) is 2. The maximum absolute atomic E-state index is 12.5. The normalized spacial score (nSPS) is 24.3. The van der Waals surface area contributed by atoms with Gasteiger partial charge in [0, 0.05) is 5.56 Å². The monoisotopic (exact) mass is 332 g/mol. The number of likely N-dealkylation sites (N-methyl/N-ethyl adjacent to an activating group) is 1. The number of methoxy groups -OCH3 is 1. The number of imide groups is 1. The topological polar surface area (TPSA) is 59.1 Å². The van der Waals surface area contributed by atoms with Crippen molar-refractivity contribution in [3.8, 4) is 5.75 Å². The highest BCUT2D eigenvalue weighted by molar-refractivity contribution is 6.03.